The van der Waals surface area contributed by atoms with Crippen molar-refractivity contribution in [3.63, 3.8) is 0 Å². The number of halogens is 1. The fraction of sp³-hybridized carbons (Fsp3) is 0.400. The van der Waals surface area contributed by atoms with E-state index in [1.807, 2.05) is 27.7 Å². The molecule has 0 heterocycles. The molecule has 0 aliphatic carbocycles. The number of carboxylic acids is 1. The van der Waals surface area contributed by atoms with Crippen LogP contribution in [0, 0.1) is 27.8 Å². The molecule has 0 aromatic heterocycles. The molecule has 21 heavy (non-hydrogen) atoms. The second-order valence-corrected chi connectivity index (χ2v) is 3.09. The van der Waals surface area contributed by atoms with Gasteiger partial charge in [0.15, 0.2) is 0 Å². The molecular weight excluding hydrogens is 277 g/mol. The van der Waals surface area contributed by atoms with Crippen LogP contribution in [0.3, 0.4) is 0 Å². The molecule has 1 N–H and O–H groups in total. The molecule has 0 saturated carbocycles. The quantitative estimate of drug-likeness (QED) is 0.519. The van der Waals surface area contributed by atoms with Gasteiger partial charge in [0, 0.05) is 12.5 Å². The maximum absolute atomic E-state index is 13.4. The third-order valence-electron chi connectivity index (χ3n) is 1.86. The number of carbonyl (C=O) groups is 1. The van der Waals surface area contributed by atoms with Crippen molar-refractivity contribution in [3.05, 3.63) is 39.7 Å². The first-order valence-corrected chi connectivity index (χ1v) is 6.66. The minimum Gasteiger partial charge on any atom is -0.481 e. The van der Waals surface area contributed by atoms with E-state index in [4.69, 9.17) is 5.11 Å². The molecule has 0 unspecified atom stereocenters. The fourth-order valence-electron chi connectivity index (χ4n) is 1.08. The van der Waals surface area contributed by atoms with Crippen LogP contribution in [0.1, 0.15) is 46.1 Å². The predicted molar refractivity (Wildman–Crippen MR) is 79.5 cm³/mol. The molecule has 1 rings (SSSR count). The summed E-state index contributed by atoms with van der Waals surface area (Å²) >= 11 is 0. The highest BCUT2D eigenvalue weighted by Gasteiger charge is 2.15. The number of nitro benzene ring substituents is 1. The lowest BCUT2D eigenvalue weighted by Crippen LogP contribution is -1.95. The zero-order chi connectivity index (χ0) is 16.8. The van der Waals surface area contributed by atoms with E-state index in [1.54, 1.807) is 0 Å². The monoisotopic (exact) mass is 297 g/mol. The van der Waals surface area contributed by atoms with Gasteiger partial charge in [0.1, 0.15) is 0 Å². The molecule has 0 aliphatic heterocycles. The maximum atomic E-state index is 13.4. The lowest BCUT2D eigenvalue weighted by atomic mass is 10.2. The van der Waals surface area contributed by atoms with Crippen molar-refractivity contribution in [1.82, 2.24) is 0 Å². The highest BCUT2D eigenvalue weighted by atomic mass is 19.1. The Balaban J connectivity index is 0. The Labute approximate surface area is 124 Å². The number of benzene rings is 1. The lowest BCUT2D eigenvalue weighted by molar-refractivity contribution is -0.387. The van der Waals surface area contributed by atoms with E-state index in [2.05, 4.69) is 11.8 Å². The van der Waals surface area contributed by atoms with Gasteiger partial charge in [0.05, 0.1) is 16.9 Å². The second-order valence-electron chi connectivity index (χ2n) is 3.09. The molecular formula is C15H20FNO4. The van der Waals surface area contributed by atoms with E-state index in [-0.39, 0.29) is 18.4 Å². The van der Waals surface area contributed by atoms with Gasteiger partial charge in [-0.15, -0.1) is 0 Å². The maximum Gasteiger partial charge on any atom is 0.306 e. The summed E-state index contributed by atoms with van der Waals surface area (Å²) in [6.07, 6.45) is -0.0823. The smallest absolute Gasteiger partial charge is 0.306 e. The molecule has 0 amide bonds. The van der Waals surface area contributed by atoms with Crippen molar-refractivity contribution in [2.75, 3.05) is 0 Å². The average Bonchev–Trinajstić information content (AvgIpc) is 2.48. The van der Waals surface area contributed by atoms with Crippen molar-refractivity contribution >= 4 is 11.7 Å². The Morgan fingerprint density at radius 1 is 1.33 bits per heavy atom. The van der Waals surface area contributed by atoms with Crippen LogP contribution in [-0.4, -0.2) is 16.0 Å². The molecule has 0 aliphatic rings. The number of hydrogen-bond donors (Lipinski definition) is 1. The Kier molecular flexibility index (Phi) is 12.5. The van der Waals surface area contributed by atoms with Gasteiger partial charge in [0.2, 0.25) is 5.82 Å². The summed E-state index contributed by atoms with van der Waals surface area (Å²) in [7, 11) is 0. The Morgan fingerprint density at radius 3 is 2.38 bits per heavy atom. The molecule has 6 heteroatoms. The number of nitrogens with zero attached hydrogens (tertiary/aromatic N) is 1. The molecule has 0 spiro atoms. The van der Waals surface area contributed by atoms with E-state index in [0.717, 1.165) is 6.07 Å². The van der Waals surface area contributed by atoms with Crippen LogP contribution in [0.15, 0.2) is 18.2 Å². The van der Waals surface area contributed by atoms with Crippen molar-refractivity contribution in [3.8, 4) is 11.8 Å². The van der Waals surface area contributed by atoms with Gasteiger partial charge in [-0.2, -0.15) is 4.39 Å². The highest BCUT2D eigenvalue weighted by molar-refractivity contribution is 5.67. The van der Waals surface area contributed by atoms with Crippen LogP contribution >= 0.6 is 0 Å². The van der Waals surface area contributed by atoms with E-state index in [1.165, 1.54) is 12.1 Å². The van der Waals surface area contributed by atoms with Crippen LogP contribution in [-0.2, 0) is 4.79 Å². The zero-order valence-corrected chi connectivity index (χ0v) is 12.6. The average molecular weight is 297 g/mol. The van der Waals surface area contributed by atoms with Gasteiger partial charge < -0.3 is 5.11 Å². The standard InChI is InChI=1S/C11H8FNO4.2C2H6/c12-11-8(4-1-2-7-10(14)15)5-3-6-9(11)13(16)17;2*1-2/h3,5-6H,2,7H2,(H,14,15);2*1-2H3. The van der Waals surface area contributed by atoms with Gasteiger partial charge in [0.25, 0.3) is 0 Å². The summed E-state index contributed by atoms with van der Waals surface area (Å²) in [5.74, 6) is 2.82. The largest absolute Gasteiger partial charge is 0.481 e. The van der Waals surface area contributed by atoms with Gasteiger partial charge in [-0.05, 0) is 6.07 Å². The first-order chi connectivity index (χ1) is 10.0. The molecule has 1 aromatic rings. The molecule has 116 valence electrons. The van der Waals surface area contributed by atoms with Crippen molar-refractivity contribution < 1.29 is 19.2 Å². The van der Waals surface area contributed by atoms with Crippen LogP contribution < -0.4 is 0 Å². The number of hydrogen-bond acceptors (Lipinski definition) is 3. The normalized spacial score (nSPS) is 8.05. The summed E-state index contributed by atoms with van der Waals surface area (Å²) in [6, 6.07) is 3.66. The second kappa shape index (κ2) is 12.6. The third kappa shape index (κ3) is 8.37. The number of rotatable bonds is 3. The summed E-state index contributed by atoms with van der Waals surface area (Å²) in [5, 5.41) is 18.8. The summed E-state index contributed by atoms with van der Waals surface area (Å²) in [4.78, 5) is 19.8. The first kappa shape index (κ1) is 20.9. The highest BCUT2D eigenvalue weighted by Crippen LogP contribution is 2.19. The molecule has 5 nitrogen and oxygen atoms in total. The summed E-state index contributed by atoms with van der Waals surface area (Å²) in [5.41, 5.74) is -0.750. The number of nitro groups is 1. The van der Waals surface area contributed by atoms with Crippen LogP contribution in [0.5, 0.6) is 0 Å². The molecule has 0 saturated heterocycles. The SMILES string of the molecule is CC.CC.O=C(O)CCC#Cc1cccc([N+](=O)[O-])c1F. The topological polar surface area (TPSA) is 80.4 Å². The van der Waals surface area contributed by atoms with Crippen molar-refractivity contribution in [1.29, 1.82) is 0 Å². The fourth-order valence-corrected chi connectivity index (χ4v) is 1.08. The van der Waals surface area contributed by atoms with Gasteiger partial charge >= 0.3 is 11.7 Å². The predicted octanol–water partition coefficient (Wildman–Crippen LogP) is 4.00. The van der Waals surface area contributed by atoms with Crippen molar-refractivity contribution in [2.45, 2.75) is 40.5 Å². The molecule has 0 radical (unpaired) electrons. The van der Waals surface area contributed by atoms with Crippen LogP contribution in [0.25, 0.3) is 0 Å². The number of aliphatic carboxylic acids is 1. The van der Waals surface area contributed by atoms with E-state index < -0.39 is 22.4 Å². The minimum atomic E-state index is -1.00. The third-order valence-corrected chi connectivity index (χ3v) is 1.86. The Morgan fingerprint density at radius 2 is 1.90 bits per heavy atom. The molecule has 0 fully saturated rings. The summed E-state index contributed by atoms with van der Waals surface area (Å²) in [6.45, 7) is 8.00. The first-order valence-electron chi connectivity index (χ1n) is 6.66. The summed E-state index contributed by atoms with van der Waals surface area (Å²) < 4.78 is 13.4. The Hall–Kier alpha value is -2.42. The van der Waals surface area contributed by atoms with E-state index >= 15 is 0 Å². The Bertz CT molecular complexity index is 518. The zero-order valence-electron chi connectivity index (χ0n) is 12.6. The molecule has 0 bridgehead atoms. The van der Waals surface area contributed by atoms with E-state index in [9.17, 15) is 19.3 Å². The van der Waals surface area contributed by atoms with Crippen molar-refractivity contribution in [2.24, 2.45) is 0 Å². The minimum absolute atomic E-state index is 0.0669. The van der Waals surface area contributed by atoms with E-state index in [0.29, 0.717) is 0 Å². The van der Waals surface area contributed by atoms with Gasteiger partial charge in [-0.3, -0.25) is 14.9 Å². The number of carboxylic acid groups (broad SMARTS) is 1. The van der Waals surface area contributed by atoms with Gasteiger partial charge in [-0.25, -0.2) is 0 Å². The molecule has 1 aromatic carbocycles. The van der Waals surface area contributed by atoms with Crippen LogP contribution in [0.4, 0.5) is 10.1 Å². The molecule has 0 atom stereocenters. The lowest BCUT2D eigenvalue weighted by Gasteiger charge is -1.95. The van der Waals surface area contributed by atoms with Crippen LogP contribution in [0.2, 0.25) is 0 Å². The van der Waals surface area contributed by atoms with Gasteiger partial charge in [-0.1, -0.05) is 45.6 Å².